The first-order valence-electron chi connectivity index (χ1n) is 3.28. The Kier molecular flexibility index (Phi) is 2.38. The minimum atomic E-state index is -1.19. The predicted octanol–water partition coefficient (Wildman–Crippen LogP) is -1.49. The Morgan fingerprint density at radius 3 is 2.55 bits per heavy atom. The van der Waals surface area contributed by atoms with Crippen LogP contribution in [-0.2, 0) is 4.79 Å². The van der Waals surface area contributed by atoms with E-state index < -0.39 is 18.3 Å². The summed E-state index contributed by atoms with van der Waals surface area (Å²) < 4.78 is 0. The number of carbonyl (C=O) groups excluding carboxylic acids is 1. The number of hydrogen-bond donors (Lipinski definition) is 3. The fourth-order valence-electron chi connectivity index (χ4n) is 1.02. The molecule has 0 aromatic carbocycles. The van der Waals surface area contributed by atoms with Gasteiger partial charge < -0.3 is 15.3 Å². The molecule has 1 aliphatic carbocycles. The van der Waals surface area contributed by atoms with Crippen LogP contribution < -0.4 is 0 Å². The minimum Gasteiger partial charge on any atom is -0.390 e. The summed E-state index contributed by atoms with van der Waals surface area (Å²) in [5, 5.41) is 27.0. The molecule has 3 atom stereocenters. The highest BCUT2D eigenvalue weighted by molar-refractivity contribution is 5.74. The summed E-state index contributed by atoms with van der Waals surface area (Å²) >= 11 is 0. The lowest BCUT2D eigenvalue weighted by Crippen LogP contribution is -2.39. The van der Waals surface area contributed by atoms with E-state index in [1.54, 1.807) is 6.29 Å². The number of hydrogen-bond acceptors (Lipinski definition) is 4. The SMILES string of the molecule is O=[C]C1=CC(O)C(O)C(O)C1. The second-order valence-electron chi connectivity index (χ2n) is 2.55. The van der Waals surface area contributed by atoms with E-state index in [2.05, 4.69) is 0 Å². The van der Waals surface area contributed by atoms with E-state index in [4.69, 9.17) is 15.3 Å². The molecule has 1 rings (SSSR count). The smallest absolute Gasteiger partial charge is 0.229 e. The van der Waals surface area contributed by atoms with Crippen LogP contribution in [0.3, 0.4) is 0 Å². The third kappa shape index (κ3) is 1.65. The molecule has 0 aromatic rings. The summed E-state index contributed by atoms with van der Waals surface area (Å²) in [6.45, 7) is 0. The largest absolute Gasteiger partial charge is 0.390 e. The van der Waals surface area contributed by atoms with Gasteiger partial charge in [-0.1, -0.05) is 0 Å². The predicted molar refractivity (Wildman–Crippen MR) is 36.4 cm³/mol. The third-order valence-electron chi connectivity index (χ3n) is 1.68. The molecule has 0 spiro atoms. The van der Waals surface area contributed by atoms with Gasteiger partial charge >= 0.3 is 0 Å². The molecule has 0 fully saturated rings. The van der Waals surface area contributed by atoms with E-state index >= 15 is 0 Å². The fourth-order valence-corrected chi connectivity index (χ4v) is 1.02. The lowest BCUT2D eigenvalue weighted by Gasteiger charge is -2.25. The summed E-state index contributed by atoms with van der Waals surface area (Å²) in [5.41, 5.74) is 0.204. The Balaban J connectivity index is 2.75. The second-order valence-corrected chi connectivity index (χ2v) is 2.55. The molecule has 11 heavy (non-hydrogen) atoms. The van der Waals surface area contributed by atoms with E-state index in [-0.39, 0.29) is 12.0 Å². The Morgan fingerprint density at radius 1 is 1.45 bits per heavy atom. The Labute approximate surface area is 63.8 Å². The van der Waals surface area contributed by atoms with Crippen molar-refractivity contribution < 1.29 is 20.1 Å². The normalized spacial score (nSPS) is 38.1. The highest BCUT2D eigenvalue weighted by atomic mass is 16.4. The van der Waals surface area contributed by atoms with Crippen LogP contribution in [0.5, 0.6) is 0 Å². The van der Waals surface area contributed by atoms with Crippen LogP contribution in [-0.4, -0.2) is 39.9 Å². The lowest BCUT2D eigenvalue weighted by molar-refractivity contribution is -0.0464. The van der Waals surface area contributed by atoms with Crippen molar-refractivity contribution in [3.05, 3.63) is 11.6 Å². The molecule has 0 saturated heterocycles. The van der Waals surface area contributed by atoms with Crippen LogP contribution >= 0.6 is 0 Å². The highest BCUT2D eigenvalue weighted by Gasteiger charge is 2.28. The average Bonchev–Trinajstić information content (AvgIpc) is 1.99. The van der Waals surface area contributed by atoms with E-state index in [9.17, 15) is 4.79 Å². The van der Waals surface area contributed by atoms with E-state index in [1.165, 1.54) is 6.08 Å². The molecule has 1 radical (unpaired) electrons. The fraction of sp³-hybridized carbons (Fsp3) is 0.571. The molecule has 0 saturated carbocycles. The second kappa shape index (κ2) is 3.13. The van der Waals surface area contributed by atoms with Gasteiger partial charge in [0.25, 0.3) is 0 Å². The summed E-state index contributed by atoms with van der Waals surface area (Å²) in [6.07, 6.45) is -0.587. The number of aliphatic hydroxyl groups excluding tert-OH is 3. The maximum atomic E-state index is 10.1. The first-order valence-corrected chi connectivity index (χ1v) is 3.28. The van der Waals surface area contributed by atoms with Gasteiger partial charge in [-0.25, -0.2) is 0 Å². The van der Waals surface area contributed by atoms with Gasteiger partial charge in [0.2, 0.25) is 6.29 Å². The van der Waals surface area contributed by atoms with Crippen LogP contribution in [0.2, 0.25) is 0 Å². The minimum absolute atomic E-state index is 0.0573. The van der Waals surface area contributed by atoms with Crippen molar-refractivity contribution in [3.63, 3.8) is 0 Å². The van der Waals surface area contributed by atoms with Crippen molar-refractivity contribution in [2.45, 2.75) is 24.7 Å². The zero-order valence-electron chi connectivity index (χ0n) is 5.77. The number of rotatable bonds is 1. The molecule has 0 aromatic heterocycles. The molecule has 0 heterocycles. The number of aliphatic hydroxyl groups is 3. The zero-order valence-corrected chi connectivity index (χ0v) is 5.77. The first-order chi connectivity index (χ1) is 5.15. The summed E-state index contributed by atoms with van der Waals surface area (Å²) in [4.78, 5) is 10.1. The molecule has 3 unspecified atom stereocenters. The van der Waals surface area contributed by atoms with Crippen molar-refractivity contribution in [1.29, 1.82) is 0 Å². The molecule has 0 aliphatic heterocycles. The standard InChI is InChI=1S/C7H9O4/c8-3-4-1-5(9)7(11)6(10)2-4/h1,5-7,9-11H,2H2. The van der Waals surface area contributed by atoms with Gasteiger partial charge in [0.1, 0.15) is 12.2 Å². The van der Waals surface area contributed by atoms with Crippen LogP contribution in [0, 0.1) is 0 Å². The van der Waals surface area contributed by atoms with Gasteiger partial charge in [-0.05, 0) is 6.08 Å². The monoisotopic (exact) mass is 157 g/mol. The first kappa shape index (κ1) is 8.39. The van der Waals surface area contributed by atoms with E-state index in [0.29, 0.717) is 0 Å². The van der Waals surface area contributed by atoms with Crippen molar-refractivity contribution in [2.24, 2.45) is 0 Å². The van der Waals surface area contributed by atoms with Crippen molar-refractivity contribution in [1.82, 2.24) is 0 Å². The van der Waals surface area contributed by atoms with Gasteiger partial charge in [0, 0.05) is 12.0 Å². The maximum Gasteiger partial charge on any atom is 0.229 e. The molecule has 4 nitrogen and oxygen atoms in total. The Bertz CT molecular complexity index is 187. The topological polar surface area (TPSA) is 77.8 Å². The molecule has 0 amide bonds. The van der Waals surface area contributed by atoms with Crippen LogP contribution in [0.15, 0.2) is 11.6 Å². The van der Waals surface area contributed by atoms with Gasteiger partial charge in [0.05, 0.1) is 6.10 Å². The van der Waals surface area contributed by atoms with Crippen LogP contribution in [0.25, 0.3) is 0 Å². The quantitative estimate of drug-likeness (QED) is 0.433. The third-order valence-corrected chi connectivity index (χ3v) is 1.68. The highest BCUT2D eigenvalue weighted by Crippen LogP contribution is 2.17. The summed E-state index contributed by atoms with van der Waals surface area (Å²) in [7, 11) is 0. The van der Waals surface area contributed by atoms with E-state index in [1.807, 2.05) is 0 Å². The molecular formula is C7H9O4. The van der Waals surface area contributed by atoms with Crippen molar-refractivity contribution in [2.75, 3.05) is 0 Å². The van der Waals surface area contributed by atoms with Gasteiger partial charge in [-0.15, -0.1) is 0 Å². The lowest BCUT2D eigenvalue weighted by atomic mass is 9.93. The van der Waals surface area contributed by atoms with Crippen molar-refractivity contribution in [3.8, 4) is 0 Å². The molecular weight excluding hydrogens is 148 g/mol. The Morgan fingerprint density at radius 2 is 2.09 bits per heavy atom. The van der Waals surface area contributed by atoms with Crippen LogP contribution in [0.4, 0.5) is 0 Å². The van der Waals surface area contributed by atoms with Gasteiger partial charge in [0.15, 0.2) is 0 Å². The van der Waals surface area contributed by atoms with Crippen LogP contribution in [0.1, 0.15) is 6.42 Å². The average molecular weight is 157 g/mol. The molecule has 3 N–H and O–H groups in total. The Hall–Kier alpha value is -0.710. The van der Waals surface area contributed by atoms with Gasteiger partial charge in [-0.2, -0.15) is 0 Å². The zero-order chi connectivity index (χ0) is 8.43. The molecule has 4 heteroatoms. The van der Waals surface area contributed by atoms with Crippen molar-refractivity contribution >= 4 is 6.29 Å². The molecule has 61 valence electrons. The van der Waals surface area contributed by atoms with E-state index in [0.717, 1.165) is 0 Å². The maximum absolute atomic E-state index is 10.1. The summed E-state index contributed by atoms with van der Waals surface area (Å²) in [5.74, 6) is 0. The van der Waals surface area contributed by atoms with Gasteiger partial charge in [-0.3, -0.25) is 4.79 Å². The molecule has 1 aliphatic rings. The summed E-state index contributed by atoms with van der Waals surface area (Å²) in [6, 6.07) is 0. The molecule has 0 bridgehead atoms.